The maximum absolute atomic E-state index is 13.6. The number of anilines is 2. The highest BCUT2D eigenvalue weighted by molar-refractivity contribution is 6.01. The average Bonchev–Trinajstić information content (AvgIpc) is 2.56. The molecule has 0 aliphatic carbocycles. The highest BCUT2D eigenvalue weighted by Gasteiger charge is 2.16. The standard InChI is InChI=1S/C18H19FN2O3/c1-3-24-15-10-8-14(9-11-15)21(13(2)22)12-18(23)20-17-7-5-4-6-16(17)19/h4-11H,3,12H2,1-2H3,(H,20,23). The third kappa shape index (κ3) is 4.55. The fraction of sp³-hybridized carbons (Fsp3) is 0.222. The van der Waals surface area contributed by atoms with Gasteiger partial charge in [-0.1, -0.05) is 12.1 Å². The van der Waals surface area contributed by atoms with Gasteiger partial charge in [0.1, 0.15) is 18.1 Å². The average molecular weight is 330 g/mol. The van der Waals surface area contributed by atoms with E-state index in [1.165, 1.54) is 30.0 Å². The second kappa shape index (κ2) is 8.10. The van der Waals surface area contributed by atoms with E-state index in [2.05, 4.69) is 5.32 Å². The van der Waals surface area contributed by atoms with Crippen LogP contribution in [0.3, 0.4) is 0 Å². The lowest BCUT2D eigenvalue weighted by Crippen LogP contribution is -2.36. The summed E-state index contributed by atoms with van der Waals surface area (Å²) in [4.78, 5) is 25.3. The van der Waals surface area contributed by atoms with Gasteiger partial charge in [0.25, 0.3) is 0 Å². The Kier molecular flexibility index (Phi) is 5.89. The van der Waals surface area contributed by atoms with Gasteiger partial charge in [0.2, 0.25) is 11.8 Å². The Labute approximate surface area is 140 Å². The highest BCUT2D eigenvalue weighted by atomic mass is 19.1. The van der Waals surface area contributed by atoms with Crippen molar-refractivity contribution >= 4 is 23.2 Å². The summed E-state index contributed by atoms with van der Waals surface area (Å²) in [6, 6.07) is 12.7. The summed E-state index contributed by atoms with van der Waals surface area (Å²) in [5.41, 5.74) is 0.646. The normalized spacial score (nSPS) is 10.1. The van der Waals surface area contributed by atoms with Crippen molar-refractivity contribution in [2.24, 2.45) is 0 Å². The topological polar surface area (TPSA) is 58.6 Å². The zero-order valence-electron chi connectivity index (χ0n) is 13.6. The van der Waals surface area contributed by atoms with E-state index in [1.807, 2.05) is 6.92 Å². The third-order valence-electron chi connectivity index (χ3n) is 3.29. The van der Waals surface area contributed by atoms with Gasteiger partial charge in [0.15, 0.2) is 0 Å². The van der Waals surface area contributed by atoms with Gasteiger partial charge in [0, 0.05) is 12.6 Å². The van der Waals surface area contributed by atoms with Gasteiger partial charge in [0.05, 0.1) is 12.3 Å². The van der Waals surface area contributed by atoms with Crippen LogP contribution >= 0.6 is 0 Å². The van der Waals surface area contributed by atoms with Crippen molar-refractivity contribution in [2.75, 3.05) is 23.4 Å². The molecule has 2 aromatic carbocycles. The summed E-state index contributed by atoms with van der Waals surface area (Å²) in [5, 5.41) is 2.46. The summed E-state index contributed by atoms with van der Waals surface area (Å²) in [6.45, 7) is 3.58. The van der Waals surface area contributed by atoms with Crippen LogP contribution in [0.25, 0.3) is 0 Å². The number of carbonyl (C=O) groups excluding carboxylic acids is 2. The largest absolute Gasteiger partial charge is 0.494 e. The van der Waals surface area contributed by atoms with E-state index in [0.29, 0.717) is 18.0 Å². The quantitative estimate of drug-likeness (QED) is 0.885. The molecule has 5 nitrogen and oxygen atoms in total. The Balaban J connectivity index is 2.09. The van der Waals surface area contributed by atoms with Crippen LogP contribution in [0.4, 0.5) is 15.8 Å². The van der Waals surface area contributed by atoms with E-state index >= 15 is 0 Å². The highest BCUT2D eigenvalue weighted by Crippen LogP contribution is 2.20. The molecule has 2 rings (SSSR count). The van der Waals surface area contributed by atoms with Crippen molar-refractivity contribution < 1.29 is 18.7 Å². The first-order valence-corrected chi connectivity index (χ1v) is 7.56. The molecule has 2 amide bonds. The molecule has 0 heterocycles. The maximum Gasteiger partial charge on any atom is 0.244 e. The van der Waals surface area contributed by atoms with Crippen LogP contribution < -0.4 is 15.0 Å². The van der Waals surface area contributed by atoms with Crippen LogP contribution in [0.15, 0.2) is 48.5 Å². The van der Waals surface area contributed by atoms with Crippen molar-refractivity contribution in [1.29, 1.82) is 0 Å². The summed E-state index contributed by atoms with van der Waals surface area (Å²) >= 11 is 0. The Bertz CT molecular complexity index is 716. The van der Waals surface area contributed by atoms with Gasteiger partial charge in [-0.05, 0) is 43.3 Å². The van der Waals surface area contributed by atoms with Gasteiger partial charge < -0.3 is 15.0 Å². The number of para-hydroxylation sites is 1. The van der Waals surface area contributed by atoms with Crippen molar-refractivity contribution in [2.45, 2.75) is 13.8 Å². The van der Waals surface area contributed by atoms with E-state index in [9.17, 15) is 14.0 Å². The van der Waals surface area contributed by atoms with Crippen LogP contribution in [0.5, 0.6) is 5.75 Å². The van der Waals surface area contributed by atoms with Gasteiger partial charge in [-0.3, -0.25) is 9.59 Å². The minimum absolute atomic E-state index is 0.0812. The molecule has 0 radical (unpaired) electrons. The lowest BCUT2D eigenvalue weighted by molar-refractivity contribution is -0.120. The second-order valence-electron chi connectivity index (χ2n) is 5.06. The lowest BCUT2D eigenvalue weighted by atomic mass is 10.2. The molecule has 24 heavy (non-hydrogen) atoms. The van der Waals surface area contributed by atoms with E-state index < -0.39 is 11.7 Å². The molecular weight excluding hydrogens is 311 g/mol. The van der Waals surface area contributed by atoms with E-state index in [4.69, 9.17) is 4.74 Å². The fourth-order valence-corrected chi connectivity index (χ4v) is 2.17. The van der Waals surface area contributed by atoms with Crippen molar-refractivity contribution in [1.82, 2.24) is 0 Å². The molecule has 0 aliphatic heterocycles. The molecule has 2 aromatic rings. The molecule has 1 N–H and O–H groups in total. The first-order valence-electron chi connectivity index (χ1n) is 7.56. The number of ether oxygens (including phenoxy) is 1. The molecule has 0 spiro atoms. The summed E-state index contributed by atoms with van der Waals surface area (Å²) < 4.78 is 18.9. The number of amides is 2. The molecule has 0 atom stereocenters. The van der Waals surface area contributed by atoms with Gasteiger partial charge in [-0.2, -0.15) is 0 Å². The van der Waals surface area contributed by atoms with Gasteiger partial charge >= 0.3 is 0 Å². The summed E-state index contributed by atoms with van der Waals surface area (Å²) in [7, 11) is 0. The Hall–Kier alpha value is -2.89. The lowest BCUT2D eigenvalue weighted by Gasteiger charge is -2.21. The Morgan fingerprint density at radius 2 is 1.79 bits per heavy atom. The van der Waals surface area contributed by atoms with Crippen molar-refractivity contribution in [3.8, 4) is 5.75 Å². The van der Waals surface area contributed by atoms with Gasteiger partial charge in [-0.25, -0.2) is 4.39 Å². The number of carbonyl (C=O) groups is 2. The van der Waals surface area contributed by atoms with Gasteiger partial charge in [-0.15, -0.1) is 0 Å². The molecule has 0 fully saturated rings. The van der Waals surface area contributed by atoms with Crippen LogP contribution in [-0.4, -0.2) is 25.0 Å². The van der Waals surface area contributed by atoms with Crippen LogP contribution in [0.2, 0.25) is 0 Å². The van der Waals surface area contributed by atoms with E-state index in [-0.39, 0.29) is 18.1 Å². The number of hydrogen-bond acceptors (Lipinski definition) is 3. The predicted octanol–water partition coefficient (Wildman–Crippen LogP) is 3.22. The van der Waals surface area contributed by atoms with Crippen LogP contribution in [0, 0.1) is 5.82 Å². The van der Waals surface area contributed by atoms with Crippen molar-refractivity contribution in [3.05, 3.63) is 54.3 Å². The number of nitrogens with one attached hydrogen (secondary N) is 1. The van der Waals surface area contributed by atoms with E-state index in [1.54, 1.807) is 30.3 Å². The third-order valence-corrected chi connectivity index (χ3v) is 3.29. The Morgan fingerprint density at radius 3 is 2.38 bits per heavy atom. The molecular formula is C18H19FN2O3. The van der Waals surface area contributed by atoms with Crippen molar-refractivity contribution in [3.63, 3.8) is 0 Å². The molecule has 0 bridgehead atoms. The smallest absolute Gasteiger partial charge is 0.244 e. The van der Waals surface area contributed by atoms with Crippen LogP contribution in [0.1, 0.15) is 13.8 Å². The minimum atomic E-state index is -0.527. The van der Waals surface area contributed by atoms with Crippen LogP contribution in [-0.2, 0) is 9.59 Å². The first kappa shape index (κ1) is 17.5. The summed E-state index contributed by atoms with van der Waals surface area (Å²) in [5.74, 6) is -0.617. The molecule has 0 aliphatic rings. The predicted molar refractivity (Wildman–Crippen MR) is 90.7 cm³/mol. The second-order valence-corrected chi connectivity index (χ2v) is 5.06. The number of benzene rings is 2. The molecule has 0 saturated carbocycles. The number of hydrogen-bond donors (Lipinski definition) is 1. The molecule has 0 unspecified atom stereocenters. The zero-order chi connectivity index (χ0) is 17.5. The maximum atomic E-state index is 13.6. The molecule has 0 aromatic heterocycles. The SMILES string of the molecule is CCOc1ccc(N(CC(=O)Nc2ccccc2F)C(C)=O)cc1. The molecule has 126 valence electrons. The zero-order valence-corrected chi connectivity index (χ0v) is 13.6. The first-order chi connectivity index (χ1) is 11.5. The number of rotatable bonds is 6. The number of nitrogens with zero attached hydrogens (tertiary/aromatic N) is 1. The Morgan fingerprint density at radius 1 is 1.12 bits per heavy atom. The monoisotopic (exact) mass is 330 g/mol. The molecule has 6 heteroatoms. The number of halogens is 1. The van der Waals surface area contributed by atoms with E-state index in [0.717, 1.165) is 0 Å². The molecule has 0 saturated heterocycles. The fourth-order valence-electron chi connectivity index (χ4n) is 2.17. The minimum Gasteiger partial charge on any atom is -0.494 e. The summed E-state index contributed by atoms with van der Waals surface area (Å²) in [6.07, 6.45) is 0.